The highest BCUT2D eigenvalue weighted by Gasteiger charge is 2.51. The predicted molar refractivity (Wildman–Crippen MR) is 101 cm³/mol. The highest BCUT2D eigenvalue weighted by Crippen LogP contribution is 2.42. The monoisotopic (exact) mass is 397 g/mol. The van der Waals surface area contributed by atoms with Gasteiger partial charge in [-0.05, 0) is 41.8 Å². The Morgan fingerprint density at radius 2 is 1.83 bits per heavy atom. The summed E-state index contributed by atoms with van der Waals surface area (Å²) in [4.78, 5) is 39.3. The molecule has 2 fully saturated rings. The molecule has 3 amide bonds. The van der Waals surface area contributed by atoms with E-state index in [-0.39, 0.29) is 48.8 Å². The van der Waals surface area contributed by atoms with Crippen molar-refractivity contribution in [3.05, 3.63) is 65.5 Å². The van der Waals surface area contributed by atoms with Crippen molar-refractivity contribution in [3.63, 3.8) is 0 Å². The van der Waals surface area contributed by atoms with E-state index < -0.39 is 18.0 Å². The Balaban J connectivity index is 1.59. The number of rotatable bonds is 4. The molecule has 4 rings (SSSR count). The average Bonchev–Trinajstić information content (AvgIpc) is 3.13. The first-order valence-corrected chi connectivity index (χ1v) is 9.34. The van der Waals surface area contributed by atoms with Crippen molar-refractivity contribution in [1.29, 1.82) is 0 Å². The molecule has 0 radical (unpaired) electrons. The summed E-state index contributed by atoms with van der Waals surface area (Å²) in [7, 11) is 0. The summed E-state index contributed by atoms with van der Waals surface area (Å²) in [5, 5.41) is 15.0. The third-order valence-corrected chi connectivity index (χ3v) is 5.45. The van der Waals surface area contributed by atoms with Gasteiger partial charge in [0, 0.05) is 6.54 Å². The molecule has 0 unspecified atom stereocenters. The van der Waals surface area contributed by atoms with E-state index in [1.54, 1.807) is 24.3 Å². The van der Waals surface area contributed by atoms with Gasteiger partial charge in [0.05, 0.1) is 18.5 Å². The van der Waals surface area contributed by atoms with Crippen molar-refractivity contribution in [3.8, 4) is 5.75 Å². The molecule has 0 bridgehead atoms. The minimum absolute atomic E-state index is 0.0725. The quantitative estimate of drug-likeness (QED) is 0.723. The van der Waals surface area contributed by atoms with Crippen LogP contribution in [0.25, 0.3) is 0 Å². The Bertz CT molecular complexity index is 945. The Morgan fingerprint density at radius 1 is 1.14 bits per heavy atom. The lowest BCUT2D eigenvalue weighted by Gasteiger charge is -2.34. The number of nitrogens with one attached hydrogen (secondary N) is 2. The first-order valence-electron chi connectivity index (χ1n) is 9.34. The van der Waals surface area contributed by atoms with E-state index in [0.717, 1.165) is 5.56 Å². The molecule has 2 aliphatic rings. The van der Waals surface area contributed by atoms with Gasteiger partial charge in [0.2, 0.25) is 17.7 Å². The second-order valence-electron chi connectivity index (χ2n) is 7.26. The largest absolute Gasteiger partial charge is 0.508 e. The molecule has 150 valence electrons. The van der Waals surface area contributed by atoms with Gasteiger partial charge in [0.15, 0.2) is 0 Å². The molecule has 2 aliphatic heterocycles. The van der Waals surface area contributed by atoms with Crippen molar-refractivity contribution in [1.82, 2.24) is 15.5 Å². The molecule has 0 saturated carbocycles. The van der Waals surface area contributed by atoms with Gasteiger partial charge in [-0.15, -0.1) is 0 Å². The number of phenols is 1. The molecule has 3 atom stereocenters. The first kappa shape index (κ1) is 18.9. The summed E-state index contributed by atoms with van der Waals surface area (Å²) < 4.78 is 13.1. The SMILES string of the molecule is O=C1NCC(=O)N2[C@@H]1C[C@@H](C(=O)NCc1ccc(F)cc1)[C@H]2c1ccc(O)cc1. The summed E-state index contributed by atoms with van der Waals surface area (Å²) >= 11 is 0. The first-order chi connectivity index (χ1) is 13.9. The Kier molecular flexibility index (Phi) is 4.92. The van der Waals surface area contributed by atoms with Gasteiger partial charge in [-0.2, -0.15) is 0 Å². The number of carbonyl (C=O) groups is 3. The van der Waals surface area contributed by atoms with Gasteiger partial charge >= 0.3 is 0 Å². The molecule has 2 saturated heterocycles. The Morgan fingerprint density at radius 3 is 2.52 bits per heavy atom. The second kappa shape index (κ2) is 7.54. The molecule has 2 heterocycles. The van der Waals surface area contributed by atoms with Crippen LogP contribution < -0.4 is 10.6 Å². The highest BCUT2D eigenvalue weighted by atomic mass is 19.1. The standard InChI is InChI=1S/C21H20FN3O4/c22-14-5-1-12(2-6-14)10-23-20(28)16-9-17-21(29)24-11-18(27)25(17)19(16)13-3-7-15(26)8-4-13/h1-8,16-17,19,26H,9-11H2,(H,23,28)(H,24,29)/t16-,17-,19-/m1/s1. The number of phenolic OH excluding ortho intramolecular Hbond substituents is 1. The van der Waals surface area contributed by atoms with Gasteiger partial charge in [-0.3, -0.25) is 14.4 Å². The number of piperazine rings is 1. The van der Waals surface area contributed by atoms with Crippen LogP contribution in [0.3, 0.4) is 0 Å². The summed E-state index contributed by atoms with van der Waals surface area (Å²) in [5.74, 6) is -1.73. The van der Waals surface area contributed by atoms with E-state index in [1.165, 1.54) is 29.2 Å². The lowest BCUT2D eigenvalue weighted by atomic mass is 9.92. The van der Waals surface area contributed by atoms with Crippen molar-refractivity contribution < 1.29 is 23.9 Å². The van der Waals surface area contributed by atoms with Crippen molar-refractivity contribution in [2.24, 2.45) is 5.92 Å². The van der Waals surface area contributed by atoms with E-state index in [2.05, 4.69) is 10.6 Å². The maximum Gasteiger partial charge on any atom is 0.243 e. The fraction of sp³-hybridized carbons (Fsp3) is 0.286. The van der Waals surface area contributed by atoms with Crippen LogP contribution in [0.1, 0.15) is 23.6 Å². The third kappa shape index (κ3) is 3.65. The topological polar surface area (TPSA) is 98.7 Å². The average molecular weight is 397 g/mol. The summed E-state index contributed by atoms with van der Waals surface area (Å²) in [6.07, 6.45) is 0.207. The van der Waals surface area contributed by atoms with E-state index in [1.807, 2.05) is 0 Å². The molecule has 0 spiro atoms. The minimum Gasteiger partial charge on any atom is -0.508 e. The second-order valence-corrected chi connectivity index (χ2v) is 7.26. The van der Waals surface area contributed by atoms with Crippen LogP contribution in [0.2, 0.25) is 0 Å². The summed E-state index contributed by atoms with van der Waals surface area (Å²) in [5.41, 5.74) is 1.42. The van der Waals surface area contributed by atoms with E-state index in [0.29, 0.717) is 5.56 Å². The number of carbonyl (C=O) groups excluding carboxylic acids is 3. The summed E-state index contributed by atoms with van der Waals surface area (Å²) in [6, 6.07) is 10.8. The lowest BCUT2D eigenvalue weighted by Crippen LogP contribution is -2.56. The molecule has 7 nitrogen and oxygen atoms in total. The van der Waals surface area contributed by atoms with Crippen LogP contribution in [0.5, 0.6) is 5.75 Å². The number of hydrogen-bond donors (Lipinski definition) is 3. The lowest BCUT2D eigenvalue weighted by molar-refractivity contribution is -0.145. The smallest absolute Gasteiger partial charge is 0.243 e. The predicted octanol–water partition coefficient (Wildman–Crippen LogP) is 1.24. The van der Waals surface area contributed by atoms with Crippen LogP contribution in [-0.2, 0) is 20.9 Å². The fourth-order valence-corrected chi connectivity index (χ4v) is 4.04. The number of benzene rings is 2. The Hall–Kier alpha value is -3.42. The maximum absolute atomic E-state index is 13.1. The molecule has 2 aromatic carbocycles. The molecule has 2 aromatic rings. The van der Waals surface area contributed by atoms with Gasteiger partial charge in [-0.1, -0.05) is 24.3 Å². The number of halogens is 1. The van der Waals surface area contributed by atoms with Crippen molar-refractivity contribution >= 4 is 17.7 Å². The Labute approximate surface area is 166 Å². The van der Waals surface area contributed by atoms with Crippen molar-refractivity contribution in [2.45, 2.75) is 25.0 Å². The fourth-order valence-electron chi connectivity index (χ4n) is 4.04. The van der Waals surface area contributed by atoms with Gasteiger partial charge in [0.1, 0.15) is 17.6 Å². The zero-order chi connectivity index (χ0) is 20.5. The van der Waals surface area contributed by atoms with Gasteiger partial charge < -0.3 is 20.6 Å². The number of nitrogens with zero attached hydrogens (tertiary/aromatic N) is 1. The highest BCUT2D eigenvalue weighted by molar-refractivity contribution is 5.97. The van der Waals surface area contributed by atoms with Crippen LogP contribution in [-0.4, -0.2) is 40.3 Å². The van der Waals surface area contributed by atoms with Crippen LogP contribution in [0, 0.1) is 11.7 Å². The number of fused-ring (bicyclic) bond motifs is 1. The molecule has 3 N–H and O–H groups in total. The molecule has 29 heavy (non-hydrogen) atoms. The minimum atomic E-state index is -0.711. The van der Waals surface area contributed by atoms with E-state index >= 15 is 0 Å². The maximum atomic E-state index is 13.1. The van der Waals surface area contributed by atoms with E-state index in [9.17, 15) is 23.9 Å². The van der Waals surface area contributed by atoms with Crippen LogP contribution >= 0.6 is 0 Å². The van der Waals surface area contributed by atoms with Crippen LogP contribution in [0.15, 0.2) is 48.5 Å². The molecular weight excluding hydrogens is 377 g/mol. The number of amides is 3. The molecule has 8 heteroatoms. The van der Waals surface area contributed by atoms with Gasteiger partial charge in [0.25, 0.3) is 0 Å². The van der Waals surface area contributed by atoms with Gasteiger partial charge in [-0.25, -0.2) is 4.39 Å². The molecular formula is C21H20FN3O4. The zero-order valence-electron chi connectivity index (χ0n) is 15.5. The summed E-state index contributed by atoms with van der Waals surface area (Å²) in [6.45, 7) is 0.108. The normalized spacial score (nSPS) is 23.5. The zero-order valence-corrected chi connectivity index (χ0v) is 15.5. The molecule has 0 aromatic heterocycles. The third-order valence-electron chi connectivity index (χ3n) is 5.45. The van der Waals surface area contributed by atoms with E-state index in [4.69, 9.17) is 0 Å². The number of hydrogen-bond acceptors (Lipinski definition) is 4. The number of aromatic hydroxyl groups is 1. The molecule has 0 aliphatic carbocycles. The van der Waals surface area contributed by atoms with Crippen LogP contribution in [0.4, 0.5) is 4.39 Å². The van der Waals surface area contributed by atoms with Crippen molar-refractivity contribution in [2.75, 3.05) is 6.54 Å².